The number of alkyl halides is 3. The van der Waals surface area contributed by atoms with Gasteiger partial charge in [0.25, 0.3) is 5.91 Å². The Hall–Kier alpha value is -2.38. The van der Waals surface area contributed by atoms with Gasteiger partial charge in [0, 0.05) is 30.9 Å². The fourth-order valence-corrected chi connectivity index (χ4v) is 2.95. The van der Waals surface area contributed by atoms with Gasteiger partial charge in [0.15, 0.2) is 0 Å². The van der Waals surface area contributed by atoms with E-state index in [1.54, 1.807) is 30.2 Å². The van der Waals surface area contributed by atoms with Crippen LogP contribution in [0.15, 0.2) is 24.5 Å². The van der Waals surface area contributed by atoms with Crippen molar-refractivity contribution in [1.82, 2.24) is 19.9 Å². The lowest BCUT2D eigenvalue weighted by Crippen LogP contribution is -2.39. The molecule has 2 aromatic rings. The number of rotatable bonds is 2. The average Bonchev–Trinajstić information content (AvgIpc) is 3.05. The van der Waals surface area contributed by atoms with Crippen LogP contribution in [0.4, 0.5) is 13.2 Å². The highest BCUT2D eigenvalue weighted by Gasteiger charge is 2.35. The molecule has 0 aliphatic carbocycles. The van der Waals surface area contributed by atoms with Crippen molar-refractivity contribution in [3.63, 3.8) is 0 Å². The van der Waals surface area contributed by atoms with Crippen molar-refractivity contribution < 1.29 is 18.0 Å². The van der Waals surface area contributed by atoms with E-state index in [2.05, 4.69) is 15.0 Å². The minimum atomic E-state index is -4.44. The van der Waals surface area contributed by atoms with E-state index in [0.29, 0.717) is 30.8 Å². The van der Waals surface area contributed by atoms with Crippen LogP contribution < -0.4 is 0 Å². The average molecular weight is 338 g/mol. The van der Waals surface area contributed by atoms with Gasteiger partial charge in [0.2, 0.25) is 0 Å². The molecule has 0 radical (unpaired) electrons. The van der Waals surface area contributed by atoms with Crippen LogP contribution in [0, 0.1) is 6.92 Å². The number of pyridine rings is 1. The summed E-state index contributed by atoms with van der Waals surface area (Å²) in [6.07, 6.45) is -0.603. The molecule has 128 valence electrons. The molecular weight excluding hydrogens is 321 g/mol. The molecule has 1 aliphatic heterocycles. The third-order valence-electron chi connectivity index (χ3n) is 4.23. The Bertz CT molecular complexity index is 741. The van der Waals surface area contributed by atoms with Gasteiger partial charge in [-0.15, -0.1) is 0 Å². The first kappa shape index (κ1) is 16.5. The van der Waals surface area contributed by atoms with E-state index in [1.807, 2.05) is 0 Å². The fraction of sp³-hybridized carbons (Fsp3) is 0.438. The number of likely N-dealkylation sites (tertiary alicyclic amines) is 1. The van der Waals surface area contributed by atoms with Gasteiger partial charge in [-0.25, -0.2) is 4.98 Å². The third-order valence-corrected chi connectivity index (χ3v) is 4.23. The monoisotopic (exact) mass is 338 g/mol. The van der Waals surface area contributed by atoms with Crippen molar-refractivity contribution in [1.29, 1.82) is 0 Å². The standard InChI is InChI=1S/C16H17F3N4O/c1-10-12(5-2-6-20-10)15(24)23-7-3-4-11(9-23)14-21-8-13(22-14)16(17,18)19/h2,5-6,8,11H,3-4,7,9H2,1H3,(H,21,22)/t11-/m1/s1. The molecule has 3 heterocycles. The molecule has 0 bridgehead atoms. The molecular formula is C16H17F3N4O. The Labute approximate surface area is 136 Å². The van der Waals surface area contributed by atoms with Gasteiger partial charge in [-0.3, -0.25) is 9.78 Å². The lowest BCUT2D eigenvalue weighted by Gasteiger charge is -2.32. The van der Waals surface area contributed by atoms with Crippen molar-refractivity contribution in [3.05, 3.63) is 47.3 Å². The highest BCUT2D eigenvalue weighted by Crippen LogP contribution is 2.31. The summed E-state index contributed by atoms with van der Waals surface area (Å²) in [6.45, 7) is 2.69. The minimum Gasteiger partial charge on any atom is -0.338 e. The van der Waals surface area contributed by atoms with Crippen molar-refractivity contribution in [2.75, 3.05) is 13.1 Å². The van der Waals surface area contributed by atoms with Crippen molar-refractivity contribution in [2.45, 2.75) is 31.9 Å². The summed E-state index contributed by atoms with van der Waals surface area (Å²) in [5.41, 5.74) is 0.305. The van der Waals surface area contributed by atoms with Gasteiger partial charge >= 0.3 is 6.18 Å². The van der Waals surface area contributed by atoms with E-state index in [-0.39, 0.29) is 17.6 Å². The zero-order valence-electron chi connectivity index (χ0n) is 13.1. The second kappa shape index (κ2) is 6.26. The van der Waals surface area contributed by atoms with Crippen molar-refractivity contribution in [2.24, 2.45) is 0 Å². The number of aromatic nitrogens is 3. The Balaban J connectivity index is 1.76. The number of halogens is 3. The predicted octanol–water partition coefficient (Wildman–Crippen LogP) is 3.15. The molecule has 0 saturated carbocycles. The maximum Gasteiger partial charge on any atom is 0.432 e. The largest absolute Gasteiger partial charge is 0.432 e. The van der Waals surface area contributed by atoms with E-state index in [9.17, 15) is 18.0 Å². The van der Waals surface area contributed by atoms with Gasteiger partial charge < -0.3 is 9.88 Å². The zero-order valence-corrected chi connectivity index (χ0v) is 13.1. The minimum absolute atomic E-state index is 0.145. The number of nitrogens with one attached hydrogen (secondary N) is 1. The van der Waals surface area contributed by atoms with Crippen LogP contribution in [0.3, 0.4) is 0 Å². The van der Waals surface area contributed by atoms with Crippen LogP contribution in [-0.4, -0.2) is 38.8 Å². The Morgan fingerprint density at radius 1 is 1.38 bits per heavy atom. The van der Waals surface area contributed by atoms with Crippen LogP contribution in [0.25, 0.3) is 0 Å². The summed E-state index contributed by atoms with van der Waals surface area (Å²) >= 11 is 0. The number of aryl methyl sites for hydroxylation is 1. The summed E-state index contributed by atoms with van der Waals surface area (Å²) in [7, 11) is 0. The Kier molecular flexibility index (Phi) is 4.29. The number of H-pyrrole nitrogens is 1. The number of carbonyl (C=O) groups is 1. The number of carbonyl (C=O) groups excluding carboxylic acids is 1. The number of piperidine rings is 1. The predicted molar refractivity (Wildman–Crippen MR) is 80.4 cm³/mol. The van der Waals surface area contributed by atoms with Gasteiger partial charge in [0.1, 0.15) is 11.5 Å². The SMILES string of the molecule is Cc1ncccc1C(=O)N1CCC[C@@H](c2ncc(C(F)(F)F)[nH]2)C1. The molecule has 1 saturated heterocycles. The van der Waals surface area contributed by atoms with Crippen molar-refractivity contribution in [3.8, 4) is 0 Å². The first-order valence-corrected chi connectivity index (χ1v) is 7.69. The molecule has 8 heteroatoms. The second-order valence-corrected chi connectivity index (χ2v) is 5.91. The summed E-state index contributed by atoms with van der Waals surface area (Å²) < 4.78 is 38.1. The molecule has 2 aromatic heterocycles. The zero-order chi connectivity index (χ0) is 17.3. The number of aromatic amines is 1. The van der Waals surface area contributed by atoms with Crippen molar-refractivity contribution >= 4 is 5.91 Å². The summed E-state index contributed by atoms with van der Waals surface area (Å²) in [6, 6.07) is 3.41. The summed E-state index contributed by atoms with van der Waals surface area (Å²) in [5.74, 6) is -0.0913. The molecule has 1 aliphatic rings. The Morgan fingerprint density at radius 3 is 2.83 bits per heavy atom. The van der Waals surface area contributed by atoms with Crippen LogP contribution in [0.1, 0.15) is 46.3 Å². The normalized spacial score (nSPS) is 18.7. The maximum absolute atomic E-state index is 12.7. The molecule has 0 spiro atoms. The first-order chi connectivity index (χ1) is 11.4. The molecule has 1 amide bonds. The topological polar surface area (TPSA) is 61.9 Å². The van der Waals surface area contributed by atoms with E-state index in [4.69, 9.17) is 0 Å². The molecule has 3 rings (SSSR count). The molecule has 5 nitrogen and oxygen atoms in total. The maximum atomic E-state index is 12.7. The molecule has 0 unspecified atom stereocenters. The lowest BCUT2D eigenvalue weighted by molar-refractivity contribution is -0.141. The lowest BCUT2D eigenvalue weighted by atomic mass is 9.96. The quantitative estimate of drug-likeness (QED) is 0.915. The van der Waals surface area contributed by atoms with Crippen LogP contribution in [0.5, 0.6) is 0 Å². The van der Waals surface area contributed by atoms with Crippen LogP contribution in [-0.2, 0) is 6.18 Å². The summed E-state index contributed by atoms with van der Waals surface area (Å²) in [4.78, 5) is 24.6. The van der Waals surface area contributed by atoms with E-state index in [0.717, 1.165) is 12.6 Å². The van der Waals surface area contributed by atoms with Crippen LogP contribution >= 0.6 is 0 Å². The molecule has 24 heavy (non-hydrogen) atoms. The van der Waals surface area contributed by atoms with E-state index < -0.39 is 11.9 Å². The van der Waals surface area contributed by atoms with Crippen LogP contribution in [0.2, 0.25) is 0 Å². The first-order valence-electron chi connectivity index (χ1n) is 7.69. The second-order valence-electron chi connectivity index (χ2n) is 5.91. The molecule has 0 aromatic carbocycles. The number of imidazole rings is 1. The molecule has 1 atom stereocenters. The van der Waals surface area contributed by atoms with Gasteiger partial charge in [-0.05, 0) is 31.9 Å². The third kappa shape index (κ3) is 3.27. The number of amides is 1. The van der Waals surface area contributed by atoms with Gasteiger partial charge in [0.05, 0.1) is 11.8 Å². The van der Waals surface area contributed by atoms with Gasteiger partial charge in [-0.2, -0.15) is 13.2 Å². The van der Waals surface area contributed by atoms with Gasteiger partial charge in [-0.1, -0.05) is 0 Å². The smallest absolute Gasteiger partial charge is 0.338 e. The fourth-order valence-electron chi connectivity index (χ4n) is 2.95. The summed E-state index contributed by atoms with van der Waals surface area (Å²) in [5, 5.41) is 0. The number of hydrogen-bond acceptors (Lipinski definition) is 3. The molecule has 1 N–H and O–H groups in total. The van der Waals surface area contributed by atoms with E-state index in [1.165, 1.54) is 0 Å². The number of hydrogen-bond donors (Lipinski definition) is 1. The highest BCUT2D eigenvalue weighted by atomic mass is 19.4. The van der Waals surface area contributed by atoms with E-state index >= 15 is 0 Å². The Morgan fingerprint density at radius 2 is 2.17 bits per heavy atom. The number of nitrogens with zero attached hydrogens (tertiary/aromatic N) is 3. The highest BCUT2D eigenvalue weighted by molar-refractivity contribution is 5.95. The molecule has 1 fully saturated rings.